The van der Waals surface area contributed by atoms with Gasteiger partial charge >= 0.3 is 0 Å². The number of nitrogens with zero attached hydrogens (tertiary/aromatic N) is 1. The van der Waals surface area contributed by atoms with Crippen molar-refractivity contribution < 1.29 is 18.5 Å². The quantitative estimate of drug-likeness (QED) is 0.322. The van der Waals surface area contributed by atoms with Gasteiger partial charge in [-0.2, -0.15) is 0 Å². The number of benzene rings is 2. The minimum absolute atomic E-state index is 0.0862. The summed E-state index contributed by atoms with van der Waals surface area (Å²) in [6.07, 6.45) is 9.95. The third-order valence-corrected chi connectivity index (χ3v) is 11.0. The van der Waals surface area contributed by atoms with Crippen LogP contribution in [0.15, 0.2) is 48.6 Å². The minimum Gasteiger partial charge on any atom is -0.491 e. The fourth-order valence-electron chi connectivity index (χ4n) is 6.45. The van der Waals surface area contributed by atoms with Crippen LogP contribution in [0.4, 0.5) is 5.69 Å². The molecule has 8 heteroatoms. The van der Waals surface area contributed by atoms with Crippen molar-refractivity contribution in [2.45, 2.75) is 64.0 Å². The second kappa shape index (κ2) is 13.1. The van der Waals surface area contributed by atoms with Crippen LogP contribution in [0.2, 0.25) is 5.02 Å². The summed E-state index contributed by atoms with van der Waals surface area (Å²) in [4.78, 5) is 27.8. The van der Waals surface area contributed by atoms with E-state index in [-0.39, 0.29) is 34.8 Å². The van der Waals surface area contributed by atoms with Crippen LogP contribution in [-0.2, 0) is 22.2 Å². The Labute approximate surface area is 251 Å². The number of allylic oxidation sites excluding steroid dienone is 2. The van der Waals surface area contributed by atoms with Gasteiger partial charge < -0.3 is 14.4 Å². The number of aryl methyl sites for hydroxylation is 1. The van der Waals surface area contributed by atoms with Crippen LogP contribution in [0.25, 0.3) is 0 Å². The number of nitrogens with one attached hydrogen (secondary N) is 1. The second-order valence-corrected chi connectivity index (χ2v) is 14.0. The summed E-state index contributed by atoms with van der Waals surface area (Å²) in [5.41, 5.74) is 3.82. The van der Waals surface area contributed by atoms with Gasteiger partial charge in [0.25, 0.3) is 5.91 Å². The van der Waals surface area contributed by atoms with Crippen molar-refractivity contribution in [2.75, 3.05) is 24.6 Å². The molecule has 3 aliphatic rings. The van der Waals surface area contributed by atoms with E-state index in [1.54, 1.807) is 6.07 Å². The molecular weight excluding hydrogens is 556 g/mol. The van der Waals surface area contributed by atoms with Crippen molar-refractivity contribution in [3.63, 3.8) is 0 Å². The zero-order valence-corrected chi connectivity index (χ0v) is 25.8. The Kier molecular flexibility index (Phi) is 9.55. The summed E-state index contributed by atoms with van der Waals surface area (Å²) in [5, 5.41) is 0.503. The normalized spacial score (nSPS) is 31.1. The van der Waals surface area contributed by atoms with Crippen LogP contribution in [0.1, 0.15) is 73.9 Å². The Hall–Kier alpha value is -2.64. The van der Waals surface area contributed by atoms with Crippen molar-refractivity contribution in [3.8, 4) is 5.75 Å². The predicted octanol–water partition coefficient (Wildman–Crippen LogP) is 6.49. The van der Waals surface area contributed by atoms with Gasteiger partial charge in [-0.05, 0) is 91.8 Å². The first-order valence-electron chi connectivity index (χ1n) is 14.9. The number of hydrogen-bond acceptors (Lipinski definition) is 5. The largest absolute Gasteiger partial charge is 0.491 e. The number of carbonyl (C=O) groups is 2. The van der Waals surface area contributed by atoms with Crippen LogP contribution in [-0.4, -0.2) is 41.3 Å². The molecule has 1 saturated carbocycles. The van der Waals surface area contributed by atoms with Crippen molar-refractivity contribution in [1.29, 1.82) is 0 Å². The number of rotatable bonds is 4. The summed E-state index contributed by atoms with van der Waals surface area (Å²) in [6.45, 7) is 8.11. The molecule has 0 saturated heterocycles. The van der Waals surface area contributed by atoms with Crippen molar-refractivity contribution in [2.24, 2.45) is 23.7 Å². The van der Waals surface area contributed by atoms with Crippen LogP contribution >= 0.6 is 11.6 Å². The first kappa shape index (κ1) is 29.8. The van der Waals surface area contributed by atoms with E-state index in [0.29, 0.717) is 24.5 Å². The van der Waals surface area contributed by atoms with E-state index in [0.717, 1.165) is 61.5 Å². The number of aldehydes is 1. The molecule has 0 spiro atoms. The summed E-state index contributed by atoms with van der Waals surface area (Å²) in [5.74, 6) is 1.09. The average molecular weight is 597 g/mol. The van der Waals surface area contributed by atoms with E-state index < -0.39 is 11.0 Å². The maximum Gasteiger partial charge on any atom is 0.263 e. The summed E-state index contributed by atoms with van der Waals surface area (Å²) < 4.78 is 22.2. The highest BCUT2D eigenvalue weighted by Crippen LogP contribution is 2.44. The number of fused-ring (bicyclic) bond motifs is 2. The molecule has 6 nitrogen and oxygen atoms in total. The van der Waals surface area contributed by atoms with Gasteiger partial charge in [0.1, 0.15) is 23.0 Å². The van der Waals surface area contributed by atoms with Crippen LogP contribution < -0.4 is 14.4 Å². The maximum absolute atomic E-state index is 13.3. The molecule has 220 valence electrons. The number of halogens is 1. The molecule has 5 rings (SSSR count). The van der Waals surface area contributed by atoms with E-state index in [9.17, 15) is 13.8 Å². The Bertz CT molecular complexity index is 1330. The second-order valence-electron chi connectivity index (χ2n) is 12.0. The molecule has 2 bridgehead atoms. The van der Waals surface area contributed by atoms with Crippen molar-refractivity contribution in [1.82, 2.24) is 4.72 Å². The highest BCUT2D eigenvalue weighted by Gasteiger charge is 2.38. The first-order valence-corrected chi connectivity index (χ1v) is 16.5. The summed E-state index contributed by atoms with van der Waals surface area (Å²) in [6, 6.07) is 11.6. The van der Waals surface area contributed by atoms with Crippen molar-refractivity contribution >= 4 is 40.5 Å². The molecule has 2 aromatic carbocycles. The third-order valence-electron chi connectivity index (χ3n) is 9.29. The maximum atomic E-state index is 13.3. The molecule has 2 aliphatic heterocycles. The lowest BCUT2D eigenvalue weighted by Crippen LogP contribution is -2.42. The predicted molar refractivity (Wildman–Crippen MR) is 166 cm³/mol. The van der Waals surface area contributed by atoms with E-state index in [4.69, 9.17) is 16.3 Å². The molecule has 2 aromatic rings. The fourth-order valence-corrected chi connectivity index (χ4v) is 7.67. The average Bonchev–Trinajstić information content (AvgIpc) is 3.13. The van der Waals surface area contributed by atoms with Gasteiger partial charge in [-0.25, -0.2) is 4.21 Å². The Morgan fingerprint density at radius 2 is 1.98 bits per heavy atom. The standard InChI is InChI=1S/C33H41ClN2O4S/c1-4-6-23-15-28(34)11-13-29(23)27-18-36-17-25-9-12-30(25)26(19-37)8-5-7-21(2)22(3)41(39)35-33(38)24-10-14-32(40-20-27)31(36)16-24/h5,8,10-11,13-16,19,21-22,25-27,30H,4,6-7,9,12,17-18,20H2,1-3H3,(H,35,38)/b8-5+. The molecule has 7 atom stereocenters. The molecular formula is C33H41ClN2O4S. The SMILES string of the molecule is CCCc1cc(Cl)ccc1C1COc2ccc3cc2N(C1)CC1CCC1C(C=O)/C=C/CC(C)C(C)S(=O)NC3=O. The van der Waals surface area contributed by atoms with Gasteiger partial charge in [0.05, 0.1) is 17.5 Å². The number of amides is 1. The zero-order valence-electron chi connectivity index (χ0n) is 24.2. The third kappa shape index (κ3) is 6.56. The van der Waals surface area contributed by atoms with E-state index in [1.165, 1.54) is 11.1 Å². The molecule has 0 aromatic heterocycles. The molecule has 1 aliphatic carbocycles. The summed E-state index contributed by atoms with van der Waals surface area (Å²) >= 11 is 6.39. The Balaban J connectivity index is 1.53. The van der Waals surface area contributed by atoms with Crippen LogP contribution in [0.3, 0.4) is 0 Å². The van der Waals surface area contributed by atoms with Crippen molar-refractivity contribution in [3.05, 3.63) is 70.3 Å². The van der Waals surface area contributed by atoms with Gasteiger partial charge in [0.2, 0.25) is 0 Å². The lowest BCUT2D eigenvalue weighted by atomic mass is 9.67. The molecule has 1 N–H and O–H groups in total. The molecule has 41 heavy (non-hydrogen) atoms. The van der Waals surface area contributed by atoms with Crippen LogP contribution in [0.5, 0.6) is 5.75 Å². The van der Waals surface area contributed by atoms with Gasteiger partial charge in [0, 0.05) is 35.5 Å². The van der Waals surface area contributed by atoms with E-state index in [1.807, 2.05) is 38.1 Å². The van der Waals surface area contributed by atoms with Gasteiger partial charge in [-0.15, -0.1) is 0 Å². The monoisotopic (exact) mass is 596 g/mol. The lowest BCUT2D eigenvalue weighted by molar-refractivity contribution is -0.112. The molecule has 7 unspecified atom stereocenters. The smallest absolute Gasteiger partial charge is 0.263 e. The lowest BCUT2D eigenvalue weighted by Gasteiger charge is -2.43. The van der Waals surface area contributed by atoms with E-state index >= 15 is 0 Å². The first-order chi connectivity index (χ1) is 19.8. The minimum atomic E-state index is -1.54. The number of ether oxygens (including phenoxy) is 1. The van der Waals surface area contributed by atoms with Gasteiger partial charge in [0.15, 0.2) is 0 Å². The topological polar surface area (TPSA) is 75.7 Å². The Morgan fingerprint density at radius 1 is 1.15 bits per heavy atom. The number of carbonyl (C=O) groups excluding carboxylic acids is 2. The molecule has 1 fully saturated rings. The summed E-state index contributed by atoms with van der Waals surface area (Å²) in [7, 11) is -1.54. The molecule has 1 amide bonds. The Morgan fingerprint density at radius 3 is 2.71 bits per heavy atom. The van der Waals surface area contributed by atoms with Gasteiger partial charge in [-0.3, -0.25) is 9.52 Å². The van der Waals surface area contributed by atoms with Crippen LogP contribution in [0, 0.1) is 23.7 Å². The van der Waals surface area contributed by atoms with E-state index in [2.05, 4.69) is 34.8 Å². The molecule has 2 heterocycles. The number of anilines is 1. The highest BCUT2D eigenvalue weighted by atomic mass is 35.5. The zero-order chi connectivity index (χ0) is 29.1. The fraction of sp³-hybridized carbons (Fsp3) is 0.515. The molecule has 0 radical (unpaired) electrons. The highest BCUT2D eigenvalue weighted by molar-refractivity contribution is 7.84. The van der Waals surface area contributed by atoms with Gasteiger partial charge in [-0.1, -0.05) is 50.1 Å². The number of hydrogen-bond donors (Lipinski definition) is 1.